The highest BCUT2D eigenvalue weighted by Gasteiger charge is 2.69. The zero-order valence-electron chi connectivity index (χ0n) is 20.7. The Morgan fingerprint density at radius 3 is 1.97 bits per heavy atom. The maximum absolute atomic E-state index is 10.2. The van der Waals surface area contributed by atoms with Crippen molar-refractivity contribution in [1.82, 2.24) is 0 Å². The molecule has 0 radical (unpaired) electrons. The van der Waals surface area contributed by atoms with Crippen LogP contribution in [0.5, 0.6) is 0 Å². The molecule has 30 heavy (non-hydrogen) atoms. The molecule has 10 unspecified atom stereocenters. The first kappa shape index (κ1) is 21.5. The summed E-state index contributed by atoms with van der Waals surface area (Å²) in [7, 11) is 0. The highest BCUT2D eigenvalue weighted by atomic mass is 16.3. The highest BCUT2D eigenvalue weighted by molar-refractivity contribution is 5.26. The summed E-state index contributed by atoms with van der Waals surface area (Å²) in [4.78, 5) is 0. The van der Waals surface area contributed by atoms with Crippen molar-refractivity contribution in [3.8, 4) is 0 Å². The average molecular weight is 413 g/mol. The summed E-state index contributed by atoms with van der Waals surface area (Å²) >= 11 is 0. The smallest absolute Gasteiger partial charge is 0.0543 e. The van der Waals surface area contributed by atoms with Crippen LogP contribution in [0.2, 0.25) is 0 Å². The van der Waals surface area contributed by atoms with Crippen LogP contribution in [0.15, 0.2) is 12.2 Å². The summed E-state index contributed by atoms with van der Waals surface area (Å²) in [6.07, 6.45) is 12.2. The topological polar surface area (TPSA) is 20.2 Å². The lowest BCUT2D eigenvalue weighted by Crippen LogP contribution is -2.52. The van der Waals surface area contributed by atoms with Crippen LogP contribution < -0.4 is 0 Å². The van der Waals surface area contributed by atoms with E-state index in [1.165, 1.54) is 50.5 Å². The van der Waals surface area contributed by atoms with Crippen LogP contribution in [0, 0.1) is 63.6 Å². The van der Waals surface area contributed by atoms with Gasteiger partial charge in [-0.25, -0.2) is 0 Å². The molecule has 1 heteroatoms. The number of hydrogen-bond donors (Lipinski definition) is 1. The van der Waals surface area contributed by atoms with E-state index in [0.29, 0.717) is 10.8 Å². The van der Waals surface area contributed by atoms with Crippen LogP contribution in [0.1, 0.15) is 99.3 Å². The lowest BCUT2D eigenvalue weighted by atomic mass is 9.46. The molecule has 0 heterocycles. The Kier molecular flexibility index (Phi) is 4.92. The molecule has 0 aromatic rings. The van der Waals surface area contributed by atoms with Crippen LogP contribution in [0.25, 0.3) is 0 Å². The van der Waals surface area contributed by atoms with Crippen molar-refractivity contribution >= 4 is 0 Å². The van der Waals surface area contributed by atoms with Gasteiger partial charge in [-0.2, -0.15) is 0 Å². The molecule has 0 spiro atoms. The van der Waals surface area contributed by atoms with Gasteiger partial charge in [-0.05, 0) is 128 Å². The molecule has 0 aromatic heterocycles. The highest BCUT2D eigenvalue weighted by Crippen LogP contribution is 2.76. The fourth-order valence-corrected chi connectivity index (χ4v) is 10.7. The van der Waals surface area contributed by atoms with E-state index in [-0.39, 0.29) is 11.5 Å². The van der Waals surface area contributed by atoms with Gasteiger partial charge in [0.15, 0.2) is 0 Å². The predicted octanol–water partition coefficient (Wildman–Crippen LogP) is 7.49. The Morgan fingerprint density at radius 1 is 0.733 bits per heavy atom. The van der Waals surface area contributed by atoms with Gasteiger partial charge < -0.3 is 5.11 Å². The summed E-state index contributed by atoms with van der Waals surface area (Å²) in [6, 6.07) is 0. The third-order valence-corrected chi connectivity index (χ3v) is 13.0. The Balaban J connectivity index is 1.47. The van der Waals surface area contributed by atoms with Crippen molar-refractivity contribution in [2.24, 2.45) is 63.6 Å². The number of hydrogen-bond acceptors (Lipinski definition) is 1. The molecule has 0 amide bonds. The number of rotatable bonds is 1. The van der Waals surface area contributed by atoms with Gasteiger partial charge >= 0.3 is 0 Å². The van der Waals surface area contributed by atoms with Gasteiger partial charge in [0.2, 0.25) is 0 Å². The van der Waals surface area contributed by atoms with E-state index >= 15 is 0 Å². The second-order valence-corrected chi connectivity index (χ2v) is 13.7. The van der Waals surface area contributed by atoms with Crippen molar-refractivity contribution in [1.29, 1.82) is 0 Å². The molecule has 5 aliphatic rings. The molecule has 0 aliphatic heterocycles. The molecular formula is C29H48O. The van der Waals surface area contributed by atoms with Crippen LogP contribution in [0.3, 0.4) is 0 Å². The summed E-state index contributed by atoms with van der Waals surface area (Å²) in [5, 5.41) is 10.2. The molecule has 1 N–H and O–H groups in total. The van der Waals surface area contributed by atoms with Gasteiger partial charge in [0.25, 0.3) is 0 Å². The number of aliphatic hydroxyl groups excluding tert-OH is 1. The third-order valence-electron chi connectivity index (χ3n) is 13.0. The largest absolute Gasteiger partial charge is 0.393 e. The standard InChI is InChI=1S/C29H48O/c1-17(2)29(7)26-24-13-12-21-20-11-9-19(30)16-18(20)8-10-22(21)23(24)14-15-25(26)27(3,4)28(29,5)6/h18-26,30H,1,8-16H2,2-7H3. The Morgan fingerprint density at radius 2 is 1.27 bits per heavy atom. The van der Waals surface area contributed by atoms with Crippen molar-refractivity contribution in [2.45, 2.75) is 105 Å². The predicted molar refractivity (Wildman–Crippen MR) is 126 cm³/mol. The Hall–Kier alpha value is -0.300. The van der Waals surface area contributed by atoms with E-state index in [9.17, 15) is 5.11 Å². The normalized spacial score (nSPS) is 53.8. The first-order valence-corrected chi connectivity index (χ1v) is 13.4. The molecule has 10 atom stereocenters. The lowest BCUT2D eigenvalue weighted by molar-refractivity contribution is -0.0962. The van der Waals surface area contributed by atoms with E-state index in [0.717, 1.165) is 60.2 Å². The lowest BCUT2D eigenvalue weighted by Gasteiger charge is -2.59. The van der Waals surface area contributed by atoms with Crippen LogP contribution in [-0.2, 0) is 0 Å². The summed E-state index contributed by atoms with van der Waals surface area (Å²) < 4.78 is 0. The Labute approximate surface area is 186 Å². The molecule has 170 valence electrons. The number of aliphatic hydroxyl groups is 1. The third kappa shape index (κ3) is 2.57. The first-order chi connectivity index (χ1) is 14.0. The Bertz CT molecular complexity index is 703. The maximum atomic E-state index is 10.2. The van der Waals surface area contributed by atoms with Crippen LogP contribution in [0.4, 0.5) is 0 Å². The van der Waals surface area contributed by atoms with E-state index in [2.05, 4.69) is 48.1 Å². The fourth-order valence-electron chi connectivity index (χ4n) is 10.7. The second-order valence-electron chi connectivity index (χ2n) is 13.7. The minimum atomic E-state index is -0.00574. The van der Waals surface area contributed by atoms with Crippen molar-refractivity contribution < 1.29 is 5.11 Å². The summed E-state index contributed by atoms with van der Waals surface area (Å²) in [5.74, 6) is 7.25. The van der Waals surface area contributed by atoms with Gasteiger partial charge in [-0.3, -0.25) is 0 Å². The van der Waals surface area contributed by atoms with Crippen molar-refractivity contribution in [3.05, 3.63) is 12.2 Å². The second kappa shape index (κ2) is 6.85. The quantitative estimate of drug-likeness (QED) is 0.442. The van der Waals surface area contributed by atoms with Gasteiger partial charge in [-0.15, -0.1) is 0 Å². The number of allylic oxidation sites excluding steroid dienone is 1. The zero-order valence-corrected chi connectivity index (χ0v) is 20.7. The molecule has 5 fully saturated rings. The fraction of sp³-hybridized carbons (Fsp3) is 0.931. The maximum Gasteiger partial charge on any atom is 0.0543 e. The molecule has 5 saturated carbocycles. The van der Waals surface area contributed by atoms with Crippen molar-refractivity contribution in [2.75, 3.05) is 0 Å². The van der Waals surface area contributed by atoms with Crippen molar-refractivity contribution in [3.63, 3.8) is 0 Å². The number of fused-ring (bicyclic) bond motifs is 7. The van der Waals surface area contributed by atoms with Gasteiger partial charge in [0.1, 0.15) is 0 Å². The molecule has 1 nitrogen and oxygen atoms in total. The van der Waals surface area contributed by atoms with Gasteiger partial charge in [0, 0.05) is 0 Å². The van der Waals surface area contributed by atoms with Gasteiger partial charge in [-0.1, -0.05) is 46.8 Å². The SMILES string of the molecule is C=C(C)C1(C)C2C3CCC4C5CCC(O)CC5CCC4C3CCC2C(C)(C)C1(C)C. The molecule has 0 bridgehead atoms. The monoisotopic (exact) mass is 412 g/mol. The van der Waals surface area contributed by atoms with Crippen LogP contribution in [-0.4, -0.2) is 11.2 Å². The minimum absolute atomic E-state index is 0.00574. The van der Waals surface area contributed by atoms with E-state index < -0.39 is 0 Å². The molecule has 0 saturated heterocycles. The zero-order chi connectivity index (χ0) is 21.6. The average Bonchev–Trinajstić information content (AvgIpc) is 2.82. The minimum Gasteiger partial charge on any atom is -0.393 e. The summed E-state index contributed by atoms with van der Waals surface area (Å²) in [6.45, 7) is 19.9. The van der Waals surface area contributed by atoms with Crippen LogP contribution >= 0.6 is 0 Å². The van der Waals surface area contributed by atoms with E-state index in [1.807, 2.05) is 0 Å². The van der Waals surface area contributed by atoms with E-state index in [4.69, 9.17) is 0 Å². The molecule has 0 aromatic carbocycles. The summed E-state index contributed by atoms with van der Waals surface area (Å²) in [5.41, 5.74) is 2.37. The molecule has 5 aliphatic carbocycles. The van der Waals surface area contributed by atoms with E-state index in [1.54, 1.807) is 0 Å². The molecular weight excluding hydrogens is 364 g/mol. The molecule has 5 rings (SSSR count). The van der Waals surface area contributed by atoms with Gasteiger partial charge in [0.05, 0.1) is 6.10 Å². The first-order valence-electron chi connectivity index (χ1n) is 13.4.